The molecule has 1 aromatic carbocycles. The monoisotopic (exact) mass is 193 g/mol. The highest BCUT2D eigenvalue weighted by molar-refractivity contribution is 5.46. The average Bonchev–Trinajstić information content (AvgIpc) is 2.24. The Morgan fingerprint density at radius 1 is 1.29 bits per heavy atom. The molecule has 0 saturated heterocycles. The Kier molecular flexibility index (Phi) is 2.71. The SMILES string of the molecule is CCc1ccc(NC2CCC2F)cc1. The lowest BCUT2D eigenvalue weighted by Gasteiger charge is -2.31. The minimum absolute atomic E-state index is 0.0440. The first kappa shape index (κ1) is 9.50. The van der Waals surface area contributed by atoms with Crippen LogP contribution in [0, 0.1) is 0 Å². The molecule has 2 heteroatoms. The summed E-state index contributed by atoms with van der Waals surface area (Å²) in [7, 11) is 0. The van der Waals surface area contributed by atoms with Crippen molar-refractivity contribution >= 4 is 5.69 Å². The summed E-state index contributed by atoms with van der Waals surface area (Å²) in [5, 5.41) is 3.20. The van der Waals surface area contributed by atoms with Crippen LogP contribution in [0.5, 0.6) is 0 Å². The summed E-state index contributed by atoms with van der Waals surface area (Å²) in [4.78, 5) is 0. The molecule has 2 unspecified atom stereocenters. The van der Waals surface area contributed by atoms with E-state index in [1.807, 2.05) is 12.1 Å². The van der Waals surface area contributed by atoms with Crippen LogP contribution in [0.1, 0.15) is 25.3 Å². The van der Waals surface area contributed by atoms with Crippen LogP contribution in [0.15, 0.2) is 24.3 Å². The summed E-state index contributed by atoms with van der Waals surface area (Å²) in [6.07, 6.45) is 2.07. The highest BCUT2D eigenvalue weighted by Crippen LogP contribution is 2.26. The third kappa shape index (κ3) is 1.89. The smallest absolute Gasteiger partial charge is 0.120 e. The van der Waals surface area contributed by atoms with E-state index in [0.717, 1.165) is 18.5 Å². The zero-order chi connectivity index (χ0) is 9.97. The number of hydrogen-bond acceptors (Lipinski definition) is 1. The molecule has 1 aliphatic rings. The van der Waals surface area contributed by atoms with E-state index < -0.39 is 6.17 Å². The second-order valence-corrected chi connectivity index (χ2v) is 3.89. The van der Waals surface area contributed by atoms with Crippen LogP contribution in [0.25, 0.3) is 0 Å². The van der Waals surface area contributed by atoms with E-state index in [1.54, 1.807) is 0 Å². The molecule has 14 heavy (non-hydrogen) atoms. The molecule has 1 aliphatic carbocycles. The molecule has 2 atom stereocenters. The third-order valence-corrected chi connectivity index (χ3v) is 2.90. The van der Waals surface area contributed by atoms with Gasteiger partial charge in [-0.15, -0.1) is 0 Å². The van der Waals surface area contributed by atoms with Gasteiger partial charge < -0.3 is 5.32 Å². The first-order chi connectivity index (χ1) is 6.79. The van der Waals surface area contributed by atoms with Crippen LogP contribution in [0.4, 0.5) is 10.1 Å². The molecule has 1 fully saturated rings. The van der Waals surface area contributed by atoms with Gasteiger partial charge in [-0.25, -0.2) is 4.39 Å². The van der Waals surface area contributed by atoms with E-state index in [4.69, 9.17) is 0 Å². The van der Waals surface area contributed by atoms with Gasteiger partial charge in [0.2, 0.25) is 0 Å². The lowest BCUT2D eigenvalue weighted by molar-refractivity contribution is 0.186. The lowest BCUT2D eigenvalue weighted by atomic mass is 9.90. The van der Waals surface area contributed by atoms with Gasteiger partial charge in [0, 0.05) is 5.69 Å². The Morgan fingerprint density at radius 3 is 2.43 bits per heavy atom. The Balaban J connectivity index is 1.96. The molecule has 0 aliphatic heterocycles. The average molecular weight is 193 g/mol. The van der Waals surface area contributed by atoms with Gasteiger partial charge in [-0.05, 0) is 37.0 Å². The fourth-order valence-electron chi connectivity index (χ4n) is 1.67. The molecule has 1 N–H and O–H groups in total. The molecule has 0 bridgehead atoms. The number of anilines is 1. The van der Waals surface area contributed by atoms with E-state index >= 15 is 0 Å². The van der Waals surface area contributed by atoms with Crippen molar-refractivity contribution in [2.24, 2.45) is 0 Å². The Morgan fingerprint density at radius 2 is 2.00 bits per heavy atom. The maximum absolute atomic E-state index is 13.0. The standard InChI is InChI=1S/C12H16FN/c1-2-9-3-5-10(6-4-9)14-12-8-7-11(12)13/h3-6,11-12,14H,2,7-8H2,1H3. The molecule has 76 valence electrons. The maximum Gasteiger partial charge on any atom is 0.120 e. The number of nitrogens with one attached hydrogen (secondary N) is 1. The molecular formula is C12H16FN. The summed E-state index contributed by atoms with van der Waals surface area (Å²) in [6, 6.07) is 8.29. The van der Waals surface area contributed by atoms with E-state index in [2.05, 4.69) is 24.4 Å². The second kappa shape index (κ2) is 3.99. The Hall–Kier alpha value is -1.05. The van der Waals surface area contributed by atoms with Crippen LogP contribution in [-0.4, -0.2) is 12.2 Å². The predicted molar refractivity (Wildman–Crippen MR) is 57.4 cm³/mol. The fraction of sp³-hybridized carbons (Fsp3) is 0.500. The zero-order valence-electron chi connectivity index (χ0n) is 8.46. The third-order valence-electron chi connectivity index (χ3n) is 2.90. The van der Waals surface area contributed by atoms with Gasteiger partial charge in [0.25, 0.3) is 0 Å². The van der Waals surface area contributed by atoms with E-state index in [0.29, 0.717) is 6.42 Å². The van der Waals surface area contributed by atoms with Crippen molar-refractivity contribution in [3.8, 4) is 0 Å². The summed E-state index contributed by atoms with van der Waals surface area (Å²) in [6.45, 7) is 2.13. The van der Waals surface area contributed by atoms with Crippen molar-refractivity contribution in [2.45, 2.75) is 38.4 Å². The van der Waals surface area contributed by atoms with Crippen molar-refractivity contribution in [1.29, 1.82) is 0 Å². The molecule has 1 saturated carbocycles. The van der Waals surface area contributed by atoms with Crippen LogP contribution in [0.2, 0.25) is 0 Å². The highest BCUT2D eigenvalue weighted by Gasteiger charge is 2.30. The fourth-order valence-corrected chi connectivity index (χ4v) is 1.67. The number of benzene rings is 1. The van der Waals surface area contributed by atoms with E-state index in [9.17, 15) is 4.39 Å². The second-order valence-electron chi connectivity index (χ2n) is 3.89. The summed E-state index contributed by atoms with van der Waals surface area (Å²) in [5.41, 5.74) is 2.36. The van der Waals surface area contributed by atoms with Crippen molar-refractivity contribution in [3.63, 3.8) is 0 Å². The quantitative estimate of drug-likeness (QED) is 0.777. The predicted octanol–water partition coefficient (Wildman–Crippen LogP) is 3.16. The van der Waals surface area contributed by atoms with Crippen molar-refractivity contribution in [2.75, 3.05) is 5.32 Å². The number of halogens is 1. The van der Waals surface area contributed by atoms with Crippen molar-refractivity contribution < 1.29 is 4.39 Å². The van der Waals surface area contributed by atoms with E-state index in [1.165, 1.54) is 5.56 Å². The van der Waals surface area contributed by atoms with Gasteiger partial charge in [-0.3, -0.25) is 0 Å². The molecule has 0 radical (unpaired) electrons. The normalized spacial score (nSPS) is 25.6. The Labute approximate surface area is 84.3 Å². The van der Waals surface area contributed by atoms with E-state index in [-0.39, 0.29) is 6.04 Å². The minimum atomic E-state index is -0.652. The number of rotatable bonds is 3. The number of alkyl halides is 1. The molecule has 2 rings (SSSR count). The molecule has 1 aromatic rings. The van der Waals surface area contributed by atoms with Crippen molar-refractivity contribution in [3.05, 3.63) is 29.8 Å². The molecule has 0 heterocycles. The molecule has 0 amide bonds. The van der Waals surface area contributed by atoms with Gasteiger partial charge in [-0.2, -0.15) is 0 Å². The topological polar surface area (TPSA) is 12.0 Å². The summed E-state index contributed by atoms with van der Waals surface area (Å²) < 4.78 is 13.0. The van der Waals surface area contributed by atoms with Gasteiger partial charge in [0.1, 0.15) is 6.17 Å². The highest BCUT2D eigenvalue weighted by atomic mass is 19.1. The zero-order valence-corrected chi connectivity index (χ0v) is 8.46. The van der Waals surface area contributed by atoms with Crippen LogP contribution >= 0.6 is 0 Å². The van der Waals surface area contributed by atoms with Gasteiger partial charge in [0.05, 0.1) is 6.04 Å². The first-order valence-electron chi connectivity index (χ1n) is 5.29. The summed E-state index contributed by atoms with van der Waals surface area (Å²) in [5.74, 6) is 0. The van der Waals surface area contributed by atoms with Gasteiger partial charge in [0.15, 0.2) is 0 Å². The molecular weight excluding hydrogens is 177 g/mol. The maximum atomic E-state index is 13.0. The van der Waals surface area contributed by atoms with Crippen LogP contribution in [-0.2, 0) is 6.42 Å². The van der Waals surface area contributed by atoms with Gasteiger partial charge >= 0.3 is 0 Å². The lowest BCUT2D eigenvalue weighted by Crippen LogP contribution is -2.39. The minimum Gasteiger partial charge on any atom is -0.379 e. The molecule has 0 spiro atoms. The number of aryl methyl sites for hydroxylation is 1. The van der Waals surface area contributed by atoms with Crippen LogP contribution in [0.3, 0.4) is 0 Å². The molecule has 1 nitrogen and oxygen atoms in total. The van der Waals surface area contributed by atoms with Crippen LogP contribution < -0.4 is 5.32 Å². The molecule has 0 aromatic heterocycles. The Bertz CT molecular complexity index is 294. The first-order valence-corrected chi connectivity index (χ1v) is 5.29. The summed E-state index contributed by atoms with van der Waals surface area (Å²) >= 11 is 0. The number of hydrogen-bond donors (Lipinski definition) is 1. The van der Waals surface area contributed by atoms with Gasteiger partial charge in [-0.1, -0.05) is 19.1 Å². The van der Waals surface area contributed by atoms with Crippen molar-refractivity contribution in [1.82, 2.24) is 0 Å². The largest absolute Gasteiger partial charge is 0.379 e.